The fraction of sp³-hybridized carbons (Fsp3) is 0.235. The van der Waals surface area contributed by atoms with Gasteiger partial charge in [-0.15, -0.1) is 0 Å². The van der Waals surface area contributed by atoms with Crippen LogP contribution in [-0.4, -0.2) is 16.3 Å². The molecule has 2 heterocycles. The van der Waals surface area contributed by atoms with Crippen molar-refractivity contribution in [2.45, 2.75) is 19.7 Å². The Morgan fingerprint density at radius 3 is 2.61 bits per heavy atom. The molecule has 0 saturated carbocycles. The molecule has 0 unspecified atom stereocenters. The highest BCUT2D eigenvalue weighted by Crippen LogP contribution is 2.30. The molecule has 3 aromatic rings. The van der Waals surface area contributed by atoms with Crippen LogP contribution in [0.2, 0.25) is 10.0 Å². The molecule has 4 nitrogen and oxygen atoms in total. The van der Waals surface area contributed by atoms with Crippen molar-refractivity contribution < 1.29 is 4.74 Å². The highest BCUT2D eigenvalue weighted by molar-refractivity contribution is 6.31. The molecule has 6 heteroatoms. The largest absolute Gasteiger partial charge is 0.350 e. The van der Waals surface area contributed by atoms with Crippen molar-refractivity contribution in [3.8, 4) is 0 Å². The summed E-state index contributed by atoms with van der Waals surface area (Å²) < 4.78 is 8.12. The van der Waals surface area contributed by atoms with Gasteiger partial charge in [0.25, 0.3) is 0 Å². The summed E-state index contributed by atoms with van der Waals surface area (Å²) in [5, 5.41) is 1.43. The number of imidazole rings is 1. The van der Waals surface area contributed by atoms with E-state index in [0.29, 0.717) is 18.4 Å². The fourth-order valence-corrected chi connectivity index (χ4v) is 3.16. The zero-order valence-corrected chi connectivity index (χ0v) is 14.1. The number of rotatable bonds is 1. The predicted octanol–water partition coefficient (Wildman–Crippen LogP) is 4.86. The number of fused-ring (bicyclic) bond motifs is 3. The number of hydrogen-bond donors (Lipinski definition) is 0. The van der Waals surface area contributed by atoms with Gasteiger partial charge in [-0.2, -0.15) is 0 Å². The summed E-state index contributed by atoms with van der Waals surface area (Å²) in [6.07, 6.45) is -0.0847. The van der Waals surface area contributed by atoms with E-state index in [1.54, 1.807) is 0 Å². The Bertz CT molecular complexity index is 860. The van der Waals surface area contributed by atoms with Crippen molar-refractivity contribution in [2.75, 3.05) is 11.6 Å². The normalized spacial score (nSPS) is 18.0. The van der Waals surface area contributed by atoms with Crippen molar-refractivity contribution in [1.29, 1.82) is 0 Å². The molecule has 2 aromatic carbocycles. The third-order valence-electron chi connectivity index (χ3n) is 4.09. The van der Waals surface area contributed by atoms with Crippen molar-refractivity contribution in [2.24, 2.45) is 0 Å². The molecule has 0 N–H and O–H groups in total. The average Bonchev–Trinajstić information content (AvgIpc) is 2.81. The summed E-state index contributed by atoms with van der Waals surface area (Å²) in [6.45, 7) is 3.16. The molecule has 0 amide bonds. The molecule has 1 atom stereocenters. The Kier molecular flexibility index (Phi) is 3.68. The van der Waals surface area contributed by atoms with Crippen molar-refractivity contribution in [1.82, 2.24) is 9.55 Å². The summed E-state index contributed by atoms with van der Waals surface area (Å²) in [4.78, 5) is 6.85. The maximum Gasteiger partial charge on any atom is 0.140 e. The summed E-state index contributed by atoms with van der Waals surface area (Å²) in [5.74, 6) is 0.915. The molecule has 118 valence electrons. The van der Waals surface area contributed by atoms with Crippen LogP contribution in [-0.2, 0) is 11.4 Å². The maximum absolute atomic E-state index is 6.17. The van der Waals surface area contributed by atoms with Gasteiger partial charge in [-0.3, -0.25) is 0 Å². The third-order valence-corrected chi connectivity index (χ3v) is 4.57. The first-order valence-electron chi connectivity index (χ1n) is 7.39. The van der Waals surface area contributed by atoms with E-state index in [-0.39, 0.29) is 6.10 Å². The molecule has 0 bridgehead atoms. The van der Waals surface area contributed by atoms with Crippen molar-refractivity contribution in [3.05, 3.63) is 58.3 Å². The van der Waals surface area contributed by atoms with E-state index < -0.39 is 0 Å². The minimum atomic E-state index is -0.0847. The average molecular weight is 348 g/mol. The highest BCUT2D eigenvalue weighted by atomic mass is 35.5. The zero-order valence-electron chi connectivity index (χ0n) is 12.5. The number of halogens is 2. The lowest BCUT2D eigenvalue weighted by atomic mass is 10.3. The van der Waals surface area contributed by atoms with Gasteiger partial charge in [0, 0.05) is 15.7 Å². The first-order valence-corrected chi connectivity index (χ1v) is 8.15. The molecule has 0 fully saturated rings. The predicted molar refractivity (Wildman–Crippen MR) is 93.0 cm³/mol. The van der Waals surface area contributed by atoms with Crippen LogP contribution in [0, 0.1) is 0 Å². The summed E-state index contributed by atoms with van der Waals surface area (Å²) in [6, 6.07) is 13.5. The number of benzene rings is 2. The molecule has 1 aliphatic heterocycles. The van der Waals surface area contributed by atoms with Gasteiger partial charge >= 0.3 is 0 Å². The molecule has 0 radical (unpaired) electrons. The van der Waals surface area contributed by atoms with Gasteiger partial charge in [0.15, 0.2) is 0 Å². The van der Waals surface area contributed by atoms with Gasteiger partial charge in [0.05, 0.1) is 17.7 Å². The monoisotopic (exact) mass is 347 g/mol. The van der Waals surface area contributed by atoms with E-state index in [2.05, 4.69) is 9.47 Å². The van der Waals surface area contributed by atoms with Crippen LogP contribution in [0.15, 0.2) is 42.5 Å². The molecule has 4 rings (SSSR count). The molecular weight excluding hydrogens is 333 g/mol. The van der Waals surface area contributed by atoms with Crippen molar-refractivity contribution in [3.63, 3.8) is 0 Å². The molecular formula is C17H15Cl2N3O. The van der Waals surface area contributed by atoms with Gasteiger partial charge in [0.1, 0.15) is 18.7 Å². The van der Waals surface area contributed by atoms with Gasteiger partial charge in [-0.1, -0.05) is 23.2 Å². The molecule has 1 aliphatic rings. The number of nitrogens with zero attached hydrogens (tertiary/aromatic N) is 3. The van der Waals surface area contributed by atoms with Crippen LogP contribution in [0.5, 0.6) is 0 Å². The second kappa shape index (κ2) is 5.71. The Morgan fingerprint density at radius 2 is 1.83 bits per heavy atom. The Hall–Kier alpha value is -1.75. The van der Waals surface area contributed by atoms with Crippen LogP contribution < -0.4 is 4.90 Å². The van der Waals surface area contributed by atoms with Gasteiger partial charge in [0.2, 0.25) is 0 Å². The lowest BCUT2D eigenvalue weighted by Gasteiger charge is -2.23. The smallest absolute Gasteiger partial charge is 0.140 e. The minimum Gasteiger partial charge on any atom is -0.350 e. The van der Waals surface area contributed by atoms with Crippen LogP contribution in [0.3, 0.4) is 0 Å². The highest BCUT2D eigenvalue weighted by Gasteiger charge is 2.23. The lowest BCUT2D eigenvalue weighted by Crippen LogP contribution is -2.26. The topological polar surface area (TPSA) is 30.3 Å². The van der Waals surface area contributed by atoms with E-state index in [4.69, 9.17) is 32.9 Å². The van der Waals surface area contributed by atoms with Gasteiger partial charge < -0.3 is 14.2 Å². The minimum absolute atomic E-state index is 0.0847. The van der Waals surface area contributed by atoms with Crippen LogP contribution in [0.4, 0.5) is 5.69 Å². The quantitative estimate of drug-likeness (QED) is 0.629. The molecule has 23 heavy (non-hydrogen) atoms. The number of aromatic nitrogens is 2. The number of ether oxygens (including phenoxy) is 1. The van der Waals surface area contributed by atoms with E-state index in [1.807, 2.05) is 49.4 Å². The lowest BCUT2D eigenvalue weighted by molar-refractivity contribution is 0.0678. The standard InChI is InChI=1S/C17H15Cl2N3O/c1-11-17-20-15-7-4-13(19)8-16(15)22(17)9-21(10-23-11)14-5-2-12(18)3-6-14/h2-8,11H,9-10H2,1H3/t11-/m1/s1. The van der Waals surface area contributed by atoms with Crippen LogP contribution >= 0.6 is 23.2 Å². The van der Waals surface area contributed by atoms with Crippen molar-refractivity contribution >= 4 is 39.9 Å². The first kappa shape index (κ1) is 14.8. The molecule has 0 aliphatic carbocycles. The Balaban J connectivity index is 1.80. The summed E-state index contributed by atoms with van der Waals surface area (Å²) >= 11 is 12.2. The summed E-state index contributed by atoms with van der Waals surface area (Å²) in [5.41, 5.74) is 3.00. The van der Waals surface area contributed by atoms with E-state index in [1.165, 1.54) is 0 Å². The Morgan fingerprint density at radius 1 is 1.09 bits per heavy atom. The van der Waals surface area contributed by atoms with Crippen LogP contribution in [0.25, 0.3) is 11.0 Å². The molecule has 0 saturated heterocycles. The van der Waals surface area contributed by atoms with Crippen LogP contribution in [0.1, 0.15) is 18.9 Å². The number of hydrogen-bond acceptors (Lipinski definition) is 3. The molecule has 1 aromatic heterocycles. The van der Waals surface area contributed by atoms with Gasteiger partial charge in [-0.05, 0) is 49.4 Å². The number of anilines is 1. The SMILES string of the molecule is C[C@H]1OCN(c2ccc(Cl)cc2)Cn2c1nc1ccc(Cl)cc12. The Labute approximate surface area is 144 Å². The van der Waals surface area contributed by atoms with E-state index in [9.17, 15) is 0 Å². The zero-order chi connectivity index (χ0) is 16.0. The molecule has 0 spiro atoms. The second-order valence-electron chi connectivity index (χ2n) is 5.63. The van der Waals surface area contributed by atoms with E-state index >= 15 is 0 Å². The fourth-order valence-electron chi connectivity index (χ4n) is 2.87. The third kappa shape index (κ3) is 2.67. The maximum atomic E-state index is 6.17. The first-order chi connectivity index (χ1) is 11.1. The summed E-state index contributed by atoms with van der Waals surface area (Å²) in [7, 11) is 0. The van der Waals surface area contributed by atoms with E-state index in [0.717, 1.165) is 27.6 Å². The second-order valence-corrected chi connectivity index (χ2v) is 6.50. The van der Waals surface area contributed by atoms with Gasteiger partial charge in [-0.25, -0.2) is 4.98 Å².